The summed E-state index contributed by atoms with van der Waals surface area (Å²) >= 11 is 8.69. The van der Waals surface area contributed by atoms with Crippen LogP contribution in [0.3, 0.4) is 0 Å². The first-order valence-corrected chi connectivity index (χ1v) is 4.19. The molecule has 0 aliphatic carbocycles. The molecule has 0 radical (unpaired) electrons. The van der Waals surface area contributed by atoms with Crippen molar-refractivity contribution in [1.29, 1.82) is 0 Å². The first-order chi connectivity index (χ1) is 5.57. The molecule has 1 aromatic rings. The van der Waals surface area contributed by atoms with Crippen molar-refractivity contribution >= 4 is 27.5 Å². The molecular weight excluding hydrogens is 247 g/mol. The van der Waals surface area contributed by atoms with Crippen molar-refractivity contribution in [3.8, 4) is 17.2 Å². The van der Waals surface area contributed by atoms with Gasteiger partial charge in [0.1, 0.15) is 0 Å². The number of methoxy groups -OCH3 is 1. The summed E-state index contributed by atoms with van der Waals surface area (Å²) in [5, 5.41) is 18.7. The molecule has 0 unspecified atom stereocenters. The normalized spacial score (nSPS) is 9.92. The zero-order valence-corrected chi connectivity index (χ0v) is 8.48. The lowest BCUT2D eigenvalue weighted by atomic mass is 10.3. The van der Waals surface area contributed by atoms with Gasteiger partial charge in [-0.1, -0.05) is 11.6 Å². The summed E-state index contributed by atoms with van der Waals surface area (Å²) in [5.74, 6) is -0.578. The largest absolute Gasteiger partial charge is 0.503 e. The van der Waals surface area contributed by atoms with E-state index < -0.39 is 0 Å². The summed E-state index contributed by atoms with van der Waals surface area (Å²) in [5.41, 5.74) is 0. The van der Waals surface area contributed by atoms with Gasteiger partial charge in [-0.2, -0.15) is 0 Å². The molecule has 0 heterocycles. The maximum absolute atomic E-state index is 9.27. The Morgan fingerprint density at radius 2 is 2.00 bits per heavy atom. The van der Waals surface area contributed by atoms with Crippen molar-refractivity contribution in [3.05, 3.63) is 15.6 Å². The molecule has 2 N–H and O–H groups in total. The Kier molecular flexibility index (Phi) is 2.69. The van der Waals surface area contributed by atoms with E-state index in [1.165, 1.54) is 13.2 Å². The lowest BCUT2D eigenvalue weighted by Gasteiger charge is -2.07. The Morgan fingerprint density at radius 1 is 1.42 bits per heavy atom. The van der Waals surface area contributed by atoms with Gasteiger partial charge in [0.2, 0.25) is 5.75 Å². The van der Waals surface area contributed by atoms with Crippen molar-refractivity contribution in [2.24, 2.45) is 0 Å². The Morgan fingerprint density at radius 3 is 2.50 bits per heavy atom. The minimum absolute atomic E-state index is 0.0670. The van der Waals surface area contributed by atoms with Gasteiger partial charge < -0.3 is 14.9 Å². The Bertz CT molecular complexity index is 314. The number of rotatable bonds is 1. The quantitative estimate of drug-likeness (QED) is 0.756. The van der Waals surface area contributed by atoms with Crippen LogP contribution in [0.25, 0.3) is 0 Å². The van der Waals surface area contributed by atoms with E-state index >= 15 is 0 Å². The van der Waals surface area contributed by atoms with E-state index in [1.807, 2.05) is 0 Å². The number of ether oxygens (including phenoxy) is 1. The van der Waals surface area contributed by atoms with Gasteiger partial charge in [0, 0.05) is 0 Å². The second-order valence-electron chi connectivity index (χ2n) is 2.07. The Hall–Kier alpha value is -0.610. The Labute approximate surface area is 82.7 Å². The zero-order valence-electron chi connectivity index (χ0n) is 6.14. The molecule has 12 heavy (non-hydrogen) atoms. The fraction of sp³-hybridized carbons (Fsp3) is 0.143. The van der Waals surface area contributed by atoms with Gasteiger partial charge in [0.25, 0.3) is 0 Å². The lowest BCUT2D eigenvalue weighted by molar-refractivity contribution is 0.350. The predicted molar refractivity (Wildman–Crippen MR) is 49.0 cm³/mol. The molecule has 0 atom stereocenters. The third-order valence-electron chi connectivity index (χ3n) is 1.34. The van der Waals surface area contributed by atoms with Gasteiger partial charge in [-0.25, -0.2) is 0 Å². The van der Waals surface area contributed by atoms with Gasteiger partial charge in [-0.3, -0.25) is 0 Å². The van der Waals surface area contributed by atoms with E-state index in [1.54, 1.807) is 0 Å². The van der Waals surface area contributed by atoms with Crippen LogP contribution in [0.5, 0.6) is 17.2 Å². The van der Waals surface area contributed by atoms with Crippen LogP contribution in [0.2, 0.25) is 5.02 Å². The molecule has 66 valence electrons. The fourth-order valence-electron chi connectivity index (χ4n) is 0.773. The van der Waals surface area contributed by atoms with Crippen LogP contribution < -0.4 is 4.74 Å². The average molecular weight is 253 g/mol. The van der Waals surface area contributed by atoms with E-state index in [4.69, 9.17) is 16.3 Å². The van der Waals surface area contributed by atoms with Crippen LogP contribution in [0.15, 0.2) is 10.5 Å². The first kappa shape index (κ1) is 9.48. The summed E-state index contributed by atoms with van der Waals surface area (Å²) in [4.78, 5) is 0. The summed E-state index contributed by atoms with van der Waals surface area (Å²) in [6.45, 7) is 0. The molecule has 3 nitrogen and oxygen atoms in total. The second kappa shape index (κ2) is 3.41. The second-order valence-corrected chi connectivity index (χ2v) is 3.33. The molecule has 1 rings (SSSR count). The highest BCUT2D eigenvalue weighted by Gasteiger charge is 2.14. The van der Waals surface area contributed by atoms with Crippen LogP contribution in [0, 0.1) is 0 Å². The fourth-order valence-corrected chi connectivity index (χ4v) is 1.60. The monoisotopic (exact) mass is 252 g/mol. The van der Waals surface area contributed by atoms with E-state index in [0.29, 0.717) is 4.47 Å². The van der Waals surface area contributed by atoms with Crippen molar-refractivity contribution in [3.63, 3.8) is 0 Å². The highest BCUT2D eigenvalue weighted by Crippen LogP contribution is 2.45. The molecule has 0 spiro atoms. The number of phenolic OH excluding ortho intramolecular Hbond substituents is 2. The molecule has 0 saturated carbocycles. The molecule has 0 saturated heterocycles. The molecule has 0 bridgehead atoms. The topological polar surface area (TPSA) is 49.7 Å². The zero-order chi connectivity index (χ0) is 9.30. The van der Waals surface area contributed by atoms with Crippen LogP contribution in [-0.4, -0.2) is 17.3 Å². The molecular formula is C7H6BrClO3. The highest BCUT2D eigenvalue weighted by molar-refractivity contribution is 9.10. The van der Waals surface area contributed by atoms with Crippen LogP contribution in [0.4, 0.5) is 0 Å². The van der Waals surface area contributed by atoms with Crippen molar-refractivity contribution in [2.75, 3.05) is 7.11 Å². The SMILES string of the molecule is COc1c(Cl)cc(Br)c(O)c1O. The molecule has 0 aliphatic heterocycles. The van der Waals surface area contributed by atoms with Gasteiger partial charge in [-0.05, 0) is 22.0 Å². The minimum atomic E-state index is -0.364. The number of aromatic hydroxyl groups is 2. The summed E-state index contributed by atoms with van der Waals surface area (Å²) in [6, 6.07) is 1.44. The standard InChI is InChI=1S/C7H6BrClO3/c1-12-7-4(9)2-3(8)5(10)6(7)11/h2,10-11H,1H3. The maximum atomic E-state index is 9.27. The minimum Gasteiger partial charge on any atom is -0.503 e. The molecule has 0 aromatic heterocycles. The Balaban J connectivity index is 3.40. The number of benzene rings is 1. The third-order valence-corrected chi connectivity index (χ3v) is 2.23. The number of hydrogen-bond donors (Lipinski definition) is 2. The van der Waals surface area contributed by atoms with Crippen LogP contribution in [-0.2, 0) is 0 Å². The maximum Gasteiger partial charge on any atom is 0.203 e. The molecule has 5 heteroatoms. The lowest BCUT2D eigenvalue weighted by Crippen LogP contribution is -1.85. The molecule has 0 fully saturated rings. The third kappa shape index (κ3) is 1.44. The van der Waals surface area contributed by atoms with Gasteiger partial charge in [-0.15, -0.1) is 0 Å². The number of hydrogen-bond acceptors (Lipinski definition) is 3. The first-order valence-electron chi connectivity index (χ1n) is 3.01. The van der Waals surface area contributed by atoms with Crippen LogP contribution in [0.1, 0.15) is 0 Å². The van der Waals surface area contributed by atoms with Crippen LogP contribution >= 0.6 is 27.5 Å². The molecule has 1 aromatic carbocycles. The molecule has 0 aliphatic rings. The molecule has 0 amide bonds. The van der Waals surface area contributed by atoms with E-state index in [-0.39, 0.29) is 22.3 Å². The van der Waals surface area contributed by atoms with E-state index in [9.17, 15) is 10.2 Å². The summed E-state index contributed by atoms with van der Waals surface area (Å²) < 4.78 is 5.07. The van der Waals surface area contributed by atoms with E-state index in [2.05, 4.69) is 15.9 Å². The number of halogens is 2. The van der Waals surface area contributed by atoms with Crippen molar-refractivity contribution < 1.29 is 14.9 Å². The predicted octanol–water partition coefficient (Wildman–Crippen LogP) is 2.52. The highest BCUT2D eigenvalue weighted by atomic mass is 79.9. The number of phenols is 2. The smallest absolute Gasteiger partial charge is 0.203 e. The van der Waals surface area contributed by atoms with Crippen molar-refractivity contribution in [2.45, 2.75) is 0 Å². The van der Waals surface area contributed by atoms with Gasteiger partial charge >= 0.3 is 0 Å². The summed E-state index contributed by atoms with van der Waals surface area (Å²) in [6.07, 6.45) is 0. The van der Waals surface area contributed by atoms with E-state index in [0.717, 1.165) is 0 Å². The summed E-state index contributed by atoms with van der Waals surface area (Å²) in [7, 11) is 1.36. The van der Waals surface area contributed by atoms with Gasteiger partial charge in [0.15, 0.2) is 11.5 Å². The van der Waals surface area contributed by atoms with Crippen molar-refractivity contribution in [1.82, 2.24) is 0 Å². The van der Waals surface area contributed by atoms with Gasteiger partial charge in [0.05, 0.1) is 16.6 Å². The average Bonchev–Trinajstić information content (AvgIpc) is 2.01.